The molecule has 0 fully saturated rings. The number of aryl methyl sites for hydroxylation is 1. The highest BCUT2D eigenvalue weighted by atomic mass is 16.5. The Labute approximate surface area is 176 Å². The minimum atomic E-state index is -0.329. The van der Waals surface area contributed by atoms with Crippen LogP contribution in [-0.2, 0) is 0 Å². The molecular weight excluding hydrogens is 394 g/mol. The average molecular weight is 411 g/mol. The molecule has 0 aliphatic carbocycles. The molecule has 0 saturated heterocycles. The zero-order valence-electron chi connectivity index (χ0n) is 16.5. The van der Waals surface area contributed by atoms with Crippen molar-refractivity contribution < 1.29 is 9.53 Å². The van der Waals surface area contributed by atoms with Gasteiger partial charge in [-0.05, 0) is 65.9 Å². The molecule has 2 heterocycles. The quantitative estimate of drug-likeness (QED) is 0.453. The summed E-state index contributed by atoms with van der Waals surface area (Å²) in [5.41, 5.74) is 4.38. The summed E-state index contributed by atoms with van der Waals surface area (Å²) in [6.07, 6.45) is 0. The van der Waals surface area contributed by atoms with Crippen molar-refractivity contribution in [1.29, 1.82) is 0 Å². The summed E-state index contributed by atoms with van der Waals surface area (Å²) in [6.45, 7) is 1.99. The van der Waals surface area contributed by atoms with Crippen LogP contribution in [0.25, 0.3) is 16.7 Å². The van der Waals surface area contributed by atoms with Crippen molar-refractivity contribution in [3.63, 3.8) is 0 Å². The predicted octanol–water partition coefficient (Wildman–Crippen LogP) is 4.42. The lowest BCUT2D eigenvalue weighted by Gasteiger charge is -2.10. The van der Waals surface area contributed by atoms with Crippen LogP contribution in [0.2, 0.25) is 0 Å². The fourth-order valence-electron chi connectivity index (χ4n) is 3.10. The van der Waals surface area contributed by atoms with Gasteiger partial charge in [0.15, 0.2) is 0 Å². The Bertz CT molecular complexity index is 1380. The zero-order chi connectivity index (χ0) is 21.2. The molecule has 0 atom stereocenters. The van der Waals surface area contributed by atoms with Gasteiger partial charge in [0, 0.05) is 11.4 Å². The van der Waals surface area contributed by atoms with Gasteiger partial charge in [-0.3, -0.25) is 0 Å². The van der Waals surface area contributed by atoms with Crippen molar-refractivity contribution in [2.45, 2.75) is 6.92 Å². The van der Waals surface area contributed by atoms with Crippen LogP contribution in [-0.4, -0.2) is 31.1 Å². The fourth-order valence-corrected chi connectivity index (χ4v) is 3.10. The van der Waals surface area contributed by atoms with E-state index in [9.17, 15) is 4.79 Å². The molecule has 9 nitrogen and oxygen atoms in total. The van der Waals surface area contributed by atoms with Crippen LogP contribution in [0.5, 0.6) is 11.6 Å². The van der Waals surface area contributed by atoms with Crippen LogP contribution in [0, 0.1) is 6.92 Å². The van der Waals surface area contributed by atoms with Crippen LogP contribution in [0.1, 0.15) is 5.56 Å². The Morgan fingerprint density at radius 1 is 0.903 bits per heavy atom. The van der Waals surface area contributed by atoms with Crippen LogP contribution < -0.4 is 15.4 Å². The fraction of sp³-hybridized carbons (Fsp3) is 0.0455. The molecule has 2 aromatic heterocycles. The first-order chi connectivity index (χ1) is 15.2. The smallest absolute Gasteiger partial charge is 0.323 e. The summed E-state index contributed by atoms with van der Waals surface area (Å²) in [6, 6.07) is 21.7. The summed E-state index contributed by atoms with van der Waals surface area (Å²) >= 11 is 0. The monoisotopic (exact) mass is 411 g/mol. The Morgan fingerprint density at radius 3 is 2.32 bits per heavy atom. The number of ether oxygens (including phenoxy) is 1. The number of tetrazole rings is 1. The first-order valence-corrected chi connectivity index (χ1v) is 9.55. The maximum absolute atomic E-state index is 12.2. The molecule has 5 rings (SSSR count). The molecule has 0 unspecified atom stereocenters. The number of carbonyl (C=O) groups excluding carboxylic acids is 1. The van der Waals surface area contributed by atoms with Gasteiger partial charge in [-0.15, -0.1) is 5.10 Å². The second-order valence-corrected chi connectivity index (χ2v) is 6.89. The third-order valence-corrected chi connectivity index (χ3v) is 4.63. The highest BCUT2D eigenvalue weighted by Crippen LogP contribution is 2.26. The van der Waals surface area contributed by atoms with Crippen LogP contribution >= 0.6 is 0 Å². The lowest BCUT2D eigenvalue weighted by Crippen LogP contribution is -2.19. The molecule has 31 heavy (non-hydrogen) atoms. The molecule has 0 aliphatic rings. The molecule has 2 N–H and O–H groups in total. The first kappa shape index (κ1) is 18.5. The summed E-state index contributed by atoms with van der Waals surface area (Å²) in [5, 5.41) is 17.3. The largest absolute Gasteiger partial charge is 0.436 e. The molecule has 5 aromatic rings. The first-order valence-electron chi connectivity index (χ1n) is 9.55. The molecule has 152 valence electrons. The van der Waals surface area contributed by atoms with E-state index in [0.29, 0.717) is 28.5 Å². The van der Waals surface area contributed by atoms with Gasteiger partial charge in [0.2, 0.25) is 5.65 Å². The number of hydrogen-bond donors (Lipinski definition) is 2. The van der Waals surface area contributed by atoms with Gasteiger partial charge in [-0.2, -0.15) is 4.52 Å². The van der Waals surface area contributed by atoms with Gasteiger partial charge in [-0.25, -0.2) is 9.78 Å². The third-order valence-electron chi connectivity index (χ3n) is 4.63. The number of nitrogens with zero attached hydrogens (tertiary/aromatic N) is 5. The van der Waals surface area contributed by atoms with E-state index in [1.165, 1.54) is 0 Å². The van der Waals surface area contributed by atoms with Gasteiger partial charge in [0.1, 0.15) is 5.75 Å². The molecule has 0 spiro atoms. The minimum Gasteiger partial charge on any atom is -0.436 e. The number of nitrogens with one attached hydrogen (secondary N) is 2. The molecule has 0 aliphatic heterocycles. The standard InChI is InChI=1S/C22H17N7O2/c1-14-6-8-15(9-7-14)23-22(30)24-16-10-12-17(13-11-16)31-21-20-26-27-28-29(20)19-5-3-2-4-18(19)25-21/h2-13H,1H3,(H2,23,24,30). The van der Waals surface area contributed by atoms with Crippen molar-refractivity contribution >= 4 is 34.1 Å². The van der Waals surface area contributed by atoms with E-state index in [2.05, 4.69) is 31.1 Å². The van der Waals surface area contributed by atoms with Gasteiger partial charge in [-0.1, -0.05) is 29.8 Å². The number of urea groups is 1. The van der Waals surface area contributed by atoms with E-state index in [1.54, 1.807) is 28.8 Å². The third kappa shape index (κ3) is 3.84. The van der Waals surface area contributed by atoms with Crippen LogP contribution in [0.3, 0.4) is 0 Å². The Balaban J connectivity index is 1.32. The number of fused-ring (bicyclic) bond motifs is 3. The lowest BCUT2D eigenvalue weighted by molar-refractivity contribution is 0.262. The van der Waals surface area contributed by atoms with E-state index < -0.39 is 0 Å². The van der Waals surface area contributed by atoms with Crippen LogP contribution in [0.4, 0.5) is 16.2 Å². The normalized spacial score (nSPS) is 10.9. The van der Waals surface area contributed by atoms with Crippen molar-refractivity contribution in [2.24, 2.45) is 0 Å². The number of para-hydroxylation sites is 2. The van der Waals surface area contributed by atoms with E-state index in [4.69, 9.17) is 4.74 Å². The molecule has 3 aromatic carbocycles. The van der Waals surface area contributed by atoms with E-state index in [-0.39, 0.29) is 6.03 Å². The summed E-state index contributed by atoms with van der Waals surface area (Å²) < 4.78 is 7.51. The average Bonchev–Trinajstić information content (AvgIpc) is 3.27. The second kappa shape index (κ2) is 7.71. The van der Waals surface area contributed by atoms with Crippen LogP contribution in [0.15, 0.2) is 72.8 Å². The maximum Gasteiger partial charge on any atom is 0.323 e. The summed E-state index contributed by atoms with van der Waals surface area (Å²) in [4.78, 5) is 16.7. The topological polar surface area (TPSA) is 106 Å². The summed E-state index contributed by atoms with van der Waals surface area (Å²) in [7, 11) is 0. The second-order valence-electron chi connectivity index (χ2n) is 6.89. The highest BCUT2D eigenvalue weighted by molar-refractivity contribution is 5.99. The minimum absolute atomic E-state index is 0.293. The number of carbonyl (C=O) groups is 1. The van der Waals surface area contributed by atoms with E-state index in [1.807, 2.05) is 55.5 Å². The number of amides is 2. The number of rotatable bonds is 4. The van der Waals surface area contributed by atoms with Crippen molar-refractivity contribution in [2.75, 3.05) is 10.6 Å². The summed E-state index contributed by atoms with van der Waals surface area (Å²) in [5.74, 6) is 0.832. The van der Waals surface area contributed by atoms with Crippen molar-refractivity contribution in [1.82, 2.24) is 25.0 Å². The van der Waals surface area contributed by atoms with Gasteiger partial charge in [0.25, 0.3) is 5.88 Å². The van der Waals surface area contributed by atoms with E-state index >= 15 is 0 Å². The predicted molar refractivity (Wildman–Crippen MR) is 116 cm³/mol. The molecular formula is C22H17N7O2. The molecule has 0 saturated carbocycles. The zero-order valence-corrected chi connectivity index (χ0v) is 16.5. The van der Waals surface area contributed by atoms with Gasteiger partial charge < -0.3 is 15.4 Å². The molecule has 0 radical (unpaired) electrons. The molecule has 9 heteroatoms. The van der Waals surface area contributed by atoms with E-state index in [0.717, 1.165) is 16.8 Å². The Hall–Kier alpha value is -4.53. The maximum atomic E-state index is 12.2. The Morgan fingerprint density at radius 2 is 1.58 bits per heavy atom. The van der Waals surface area contributed by atoms with Crippen molar-refractivity contribution in [3.8, 4) is 11.6 Å². The van der Waals surface area contributed by atoms with Crippen molar-refractivity contribution in [3.05, 3.63) is 78.4 Å². The Kier molecular flexibility index (Phi) is 4.60. The number of benzene rings is 3. The number of anilines is 2. The lowest BCUT2D eigenvalue weighted by atomic mass is 10.2. The number of hydrogen-bond acceptors (Lipinski definition) is 6. The number of aromatic nitrogens is 5. The van der Waals surface area contributed by atoms with Gasteiger partial charge >= 0.3 is 6.03 Å². The molecule has 0 bridgehead atoms. The highest BCUT2D eigenvalue weighted by Gasteiger charge is 2.13. The van der Waals surface area contributed by atoms with Gasteiger partial charge in [0.05, 0.1) is 11.0 Å². The SMILES string of the molecule is Cc1ccc(NC(=O)Nc2ccc(Oc3nc4ccccc4n4nnnc34)cc2)cc1. The molecule has 2 amide bonds.